The summed E-state index contributed by atoms with van der Waals surface area (Å²) in [6.07, 6.45) is 6.36. The van der Waals surface area contributed by atoms with Crippen molar-refractivity contribution in [2.75, 3.05) is 11.1 Å². The van der Waals surface area contributed by atoms with Crippen LogP contribution in [-0.4, -0.2) is 16.0 Å². The predicted octanol–water partition coefficient (Wildman–Crippen LogP) is 3.47. The summed E-state index contributed by atoms with van der Waals surface area (Å²) < 4.78 is 0. The van der Waals surface area contributed by atoms with E-state index in [1.165, 1.54) is 32.1 Å². The minimum atomic E-state index is 0.511. The smallest absolute Gasteiger partial charge is 0.163 e. The average Bonchev–Trinajstić information content (AvgIpc) is 2.49. The molecule has 3 N–H and O–H groups in total. The van der Waals surface area contributed by atoms with E-state index in [0.717, 1.165) is 11.4 Å². The number of aromatic nitrogens is 2. The first-order chi connectivity index (χ1) is 9.81. The van der Waals surface area contributed by atoms with Gasteiger partial charge in [0.05, 0.1) is 0 Å². The quantitative estimate of drug-likeness (QED) is 0.894. The van der Waals surface area contributed by atoms with Crippen LogP contribution in [-0.2, 0) is 0 Å². The zero-order valence-corrected chi connectivity index (χ0v) is 11.5. The van der Waals surface area contributed by atoms with E-state index in [-0.39, 0.29) is 0 Å². The van der Waals surface area contributed by atoms with Crippen molar-refractivity contribution in [2.24, 2.45) is 0 Å². The monoisotopic (exact) mass is 268 g/mol. The Hall–Kier alpha value is -2.10. The SMILES string of the molecule is Nc1cc(NC2CCCCC2)nc(-c2ccccc2)n1. The molecular formula is C16H20N4. The Morgan fingerprint density at radius 2 is 1.75 bits per heavy atom. The van der Waals surface area contributed by atoms with Gasteiger partial charge in [-0.05, 0) is 12.8 Å². The summed E-state index contributed by atoms with van der Waals surface area (Å²) in [5, 5.41) is 3.50. The maximum atomic E-state index is 5.91. The lowest BCUT2D eigenvalue weighted by Gasteiger charge is -2.23. The van der Waals surface area contributed by atoms with Crippen molar-refractivity contribution in [1.29, 1.82) is 0 Å². The van der Waals surface area contributed by atoms with E-state index < -0.39 is 0 Å². The lowest BCUT2D eigenvalue weighted by atomic mass is 9.95. The first-order valence-electron chi connectivity index (χ1n) is 7.28. The van der Waals surface area contributed by atoms with E-state index in [0.29, 0.717) is 17.7 Å². The van der Waals surface area contributed by atoms with Crippen LogP contribution in [0.15, 0.2) is 36.4 Å². The Bertz CT molecular complexity index is 562. The van der Waals surface area contributed by atoms with Gasteiger partial charge in [0.15, 0.2) is 5.82 Å². The third kappa shape index (κ3) is 3.07. The Morgan fingerprint density at radius 1 is 1.00 bits per heavy atom. The number of benzene rings is 1. The normalized spacial score (nSPS) is 16.0. The molecule has 1 aliphatic carbocycles. The third-order valence-electron chi connectivity index (χ3n) is 3.74. The molecule has 0 amide bonds. The Kier molecular flexibility index (Phi) is 3.81. The van der Waals surface area contributed by atoms with Crippen LogP contribution in [0.4, 0.5) is 11.6 Å². The fourth-order valence-electron chi connectivity index (χ4n) is 2.71. The third-order valence-corrected chi connectivity index (χ3v) is 3.74. The van der Waals surface area contributed by atoms with Gasteiger partial charge in [-0.3, -0.25) is 0 Å². The van der Waals surface area contributed by atoms with Crippen LogP contribution in [0.5, 0.6) is 0 Å². The van der Waals surface area contributed by atoms with Crippen LogP contribution >= 0.6 is 0 Å². The molecule has 0 radical (unpaired) electrons. The second-order valence-electron chi connectivity index (χ2n) is 5.35. The van der Waals surface area contributed by atoms with Crippen molar-refractivity contribution < 1.29 is 0 Å². The van der Waals surface area contributed by atoms with Gasteiger partial charge >= 0.3 is 0 Å². The summed E-state index contributed by atoms with van der Waals surface area (Å²) in [5.74, 6) is 2.03. The number of anilines is 2. The molecule has 1 heterocycles. The first-order valence-corrected chi connectivity index (χ1v) is 7.28. The molecule has 1 aliphatic rings. The van der Waals surface area contributed by atoms with Gasteiger partial charge < -0.3 is 11.1 Å². The van der Waals surface area contributed by atoms with Crippen molar-refractivity contribution in [3.8, 4) is 11.4 Å². The van der Waals surface area contributed by atoms with Gasteiger partial charge in [-0.25, -0.2) is 9.97 Å². The highest BCUT2D eigenvalue weighted by molar-refractivity contribution is 5.60. The molecule has 0 unspecified atom stereocenters. The lowest BCUT2D eigenvalue weighted by molar-refractivity contribution is 0.462. The zero-order chi connectivity index (χ0) is 13.8. The predicted molar refractivity (Wildman–Crippen MR) is 82.4 cm³/mol. The van der Waals surface area contributed by atoms with Crippen LogP contribution in [0.1, 0.15) is 32.1 Å². The van der Waals surface area contributed by atoms with E-state index in [1.54, 1.807) is 0 Å². The molecular weight excluding hydrogens is 248 g/mol. The summed E-state index contributed by atoms with van der Waals surface area (Å²) >= 11 is 0. The highest BCUT2D eigenvalue weighted by Gasteiger charge is 2.14. The fourth-order valence-corrected chi connectivity index (χ4v) is 2.71. The van der Waals surface area contributed by atoms with Crippen molar-refractivity contribution in [3.63, 3.8) is 0 Å². The van der Waals surface area contributed by atoms with Gasteiger partial charge in [0, 0.05) is 17.7 Å². The summed E-state index contributed by atoms with van der Waals surface area (Å²) in [6.45, 7) is 0. The van der Waals surface area contributed by atoms with Crippen molar-refractivity contribution in [1.82, 2.24) is 9.97 Å². The molecule has 1 saturated carbocycles. The molecule has 104 valence electrons. The van der Waals surface area contributed by atoms with Crippen molar-refractivity contribution in [2.45, 2.75) is 38.1 Å². The second kappa shape index (κ2) is 5.90. The number of nitrogens with two attached hydrogens (primary N) is 1. The minimum absolute atomic E-state index is 0.511. The summed E-state index contributed by atoms with van der Waals surface area (Å²) in [6, 6.07) is 12.3. The number of hydrogen-bond donors (Lipinski definition) is 2. The van der Waals surface area contributed by atoms with E-state index in [9.17, 15) is 0 Å². The molecule has 1 fully saturated rings. The first kappa shape index (κ1) is 12.9. The molecule has 4 heteroatoms. The van der Waals surface area contributed by atoms with Gasteiger partial charge in [-0.2, -0.15) is 0 Å². The number of nitrogens with zero attached hydrogens (tertiary/aromatic N) is 2. The highest BCUT2D eigenvalue weighted by atomic mass is 15.1. The van der Waals surface area contributed by atoms with Crippen molar-refractivity contribution in [3.05, 3.63) is 36.4 Å². The summed E-state index contributed by atoms with van der Waals surface area (Å²) in [4.78, 5) is 8.92. The van der Waals surface area contributed by atoms with E-state index in [1.807, 2.05) is 36.4 Å². The van der Waals surface area contributed by atoms with E-state index in [2.05, 4.69) is 15.3 Å². The van der Waals surface area contributed by atoms with Gasteiger partial charge in [0.25, 0.3) is 0 Å². The number of hydrogen-bond acceptors (Lipinski definition) is 4. The standard InChI is InChI=1S/C16H20N4/c17-14-11-15(18-13-9-5-2-6-10-13)20-16(19-14)12-7-3-1-4-8-12/h1,3-4,7-8,11,13H,2,5-6,9-10H2,(H3,17,18,19,20). The maximum Gasteiger partial charge on any atom is 0.163 e. The van der Waals surface area contributed by atoms with Crippen LogP contribution in [0.2, 0.25) is 0 Å². The Labute approximate surface area is 119 Å². The Morgan fingerprint density at radius 3 is 2.50 bits per heavy atom. The number of nitrogen functional groups attached to an aromatic ring is 1. The molecule has 4 nitrogen and oxygen atoms in total. The second-order valence-corrected chi connectivity index (χ2v) is 5.35. The van der Waals surface area contributed by atoms with Gasteiger partial charge in [-0.15, -0.1) is 0 Å². The fraction of sp³-hybridized carbons (Fsp3) is 0.375. The van der Waals surface area contributed by atoms with Gasteiger partial charge in [0.2, 0.25) is 0 Å². The van der Waals surface area contributed by atoms with Crippen LogP contribution in [0.25, 0.3) is 11.4 Å². The molecule has 20 heavy (non-hydrogen) atoms. The van der Waals surface area contributed by atoms with Gasteiger partial charge in [-0.1, -0.05) is 49.6 Å². The molecule has 0 aliphatic heterocycles. The molecule has 3 rings (SSSR count). The topological polar surface area (TPSA) is 63.8 Å². The molecule has 2 aromatic rings. The number of nitrogens with one attached hydrogen (secondary N) is 1. The van der Waals surface area contributed by atoms with Crippen LogP contribution in [0.3, 0.4) is 0 Å². The zero-order valence-electron chi connectivity index (χ0n) is 11.5. The van der Waals surface area contributed by atoms with Crippen LogP contribution < -0.4 is 11.1 Å². The highest BCUT2D eigenvalue weighted by Crippen LogP contribution is 2.23. The Balaban J connectivity index is 1.83. The molecule has 1 aromatic heterocycles. The average molecular weight is 268 g/mol. The summed E-state index contributed by atoms with van der Waals surface area (Å²) in [7, 11) is 0. The van der Waals surface area contributed by atoms with E-state index >= 15 is 0 Å². The van der Waals surface area contributed by atoms with Crippen molar-refractivity contribution >= 4 is 11.6 Å². The van der Waals surface area contributed by atoms with Gasteiger partial charge in [0.1, 0.15) is 11.6 Å². The van der Waals surface area contributed by atoms with Crippen LogP contribution in [0, 0.1) is 0 Å². The molecule has 0 bridgehead atoms. The maximum absolute atomic E-state index is 5.91. The summed E-state index contributed by atoms with van der Waals surface area (Å²) in [5.41, 5.74) is 6.90. The number of rotatable bonds is 3. The largest absolute Gasteiger partial charge is 0.384 e. The lowest BCUT2D eigenvalue weighted by Crippen LogP contribution is -2.23. The molecule has 1 aromatic carbocycles. The molecule has 0 atom stereocenters. The molecule has 0 saturated heterocycles. The molecule has 0 spiro atoms. The van der Waals surface area contributed by atoms with E-state index in [4.69, 9.17) is 5.73 Å². The minimum Gasteiger partial charge on any atom is -0.384 e.